The van der Waals surface area contributed by atoms with Gasteiger partial charge in [-0.05, 0) is 20.8 Å². The number of ether oxygens (including phenoxy) is 1. The lowest BCUT2D eigenvalue weighted by molar-refractivity contribution is 0.0239. The van der Waals surface area contributed by atoms with Crippen LogP contribution in [0.15, 0.2) is 12.4 Å². The molecule has 1 aromatic rings. The molecular formula is C14H20N4O4. The van der Waals surface area contributed by atoms with E-state index in [0.717, 1.165) is 0 Å². The number of carboxylic acid groups (broad SMARTS) is 1. The number of piperazine rings is 1. The average molecular weight is 308 g/mol. The molecule has 0 aromatic carbocycles. The molecule has 1 aromatic heterocycles. The van der Waals surface area contributed by atoms with E-state index in [2.05, 4.69) is 9.97 Å². The molecule has 22 heavy (non-hydrogen) atoms. The van der Waals surface area contributed by atoms with Crippen molar-refractivity contribution in [1.29, 1.82) is 0 Å². The Balaban J connectivity index is 2.01. The Morgan fingerprint density at radius 1 is 1.14 bits per heavy atom. The molecule has 0 spiro atoms. The van der Waals surface area contributed by atoms with Crippen LogP contribution < -0.4 is 4.90 Å². The van der Waals surface area contributed by atoms with Crippen LogP contribution in [-0.4, -0.2) is 63.8 Å². The van der Waals surface area contributed by atoms with Gasteiger partial charge in [0, 0.05) is 38.6 Å². The third kappa shape index (κ3) is 3.84. The maximum Gasteiger partial charge on any atom is 0.410 e. The van der Waals surface area contributed by atoms with E-state index in [4.69, 9.17) is 9.84 Å². The molecule has 0 saturated carbocycles. The van der Waals surface area contributed by atoms with E-state index < -0.39 is 11.6 Å². The topological polar surface area (TPSA) is 95.9 Å². The van der Waals surface area contributed by atoms with Crippen LogP contribution in [0.3, 0.4) is 0 Å². The second-order valence-electron chi connectivity index (χ2n) is 5.99. The van der Waals surface area contributed by atoms with E-state index in [9.17, 15) is 9.59 Å². The average Bonchev–Trinajstić information content (AvgIpc) is 2.45. The number of hydrogen-bond acceptors (Lipinski definition) is 6. The third-order valence-electron chi connectivity index (χ3n) is 3.11. The molecule has 0 bridgehead atoms. The minimum absolute atomic E-state index is 0.0757. The van der Waals surface area contributed by atoms with Gasteiger partial charge in [-0.15, -0.1) is 0 Å². The number of hydrogen-bond donors (Lipinski definition) is 1. The molecule has 8 heteroatoms. The van der Waals surface area contributed by atoms with Crippen LogP contribution in [-0.2, 0) is 4.74 Å². The van der Waals surface area contributed by atoms with E-state index in [1.807, 2.05) is 25.7 Å². The first kappa shape index (κ1) is 16.0. The van der Waals surface area contributed by atoms with Crippen LogP contribution in [0.25, 0.3) is 0 Å². The molecule has 1 aliphatic rings. The van der Waals surface area contributed by atoms with Crippen molar-refractivity contribution in [2.24, 2.45) is 0 Å². The fourth-order valence-corrected chi connectivity index (χ4v) is 2.14. The predicted molar refractivity (Wildman–Crippen MR) is 79.0 cm³/mol. The smallest absolute Gasteiger partial charge is 0.410 e. The quantitative estimate of drug-likeness (QED) is 0.877. The van der Waals surface area contributed by atoms with Crippen molar-refractivity contribution in [3.05, 3.63) is 18.1 Å². The summed E-state index contributed by atoms with van der Waals surface area (Å²) in [5.74, 6) is -0.781. The normalized spacial score (nSPS) is 15.6. The van der Waals surface area contributed by atoms with Crippen molar-refractivity contribution >= 4 is 17.9 Å². The summed E-state index contributed by atoms with van der Waals surface area (Å²) >= 11 is 0. The van der Waals surface area contributed by atoms with Crippen molar-refractivity contribution in [2.75, 3.05) is 31.1 Å². The number of anilines is 1. The highest BCUT2D eigenvalue weighted by atomic mass is 16.6. The first-order valence-electron chi connectivity index (χ1n) is 7.05. The van der Waals surface area contributed by atoms with Crippen molar-refractivity contribution in [1.82, 2.24) is 14.9 Å². The van der Waals surface area contributed by atoms with E-state index in [-0.39, 0.29) is 11.8 Å². The van der Waals surface area contributed by atoms with Gasteiger partial charge in [0.1, 0.15) is 5.60 Å². The SMILES string of the molecule is CC(C)(C)OC(=O)N1CCN(c2nccnc2C(=O)O)CC1. The molecule has 0 radical (unpaired) electrons. The standard InChI is InChI=1S/C14H20N4O4/c1-14(2,3)22-13(21)18-8-6-17(7-9-18)11-10(12(19)20)15-4-5-16-11/h4-5H,6-9H2,1-3H3,(H,19,20). The molecule has 120 valence electrons. The molecule has 1 amide bonds. The molecule has 2 heterocycles. The summed E-state index contributed by atoms with van der Waals surface area (Å²) in [6.45, 7) is 7.32. The Morgan fingerprint density at radius 3 is 2.27 bits per heavy atom. The lowest BCUT2D eigenvalue weighted by Gasteiger charge is -2.36. The molecule has 0 aliphatic carbocycles. The second kappa shape index (κ2) is 6.17. The summed E-state index contributed by atoms with van der Waals surface area (Å²) in [4.78, 5) is 34.5. The fraction of sp³-hybridized carbons (Fsp3) is 0.571. The van der Waals surface area contributed by atoms with Gasteiger partial charge < -0.3 is 19.6 Å². The number of carbonyl (C=O) groups excluding carboxylic acids is 1. The number of aromatic carboxylic acids is 1. The zero-order valence-electron chi connectivity index (χ0n) is 12.9. The Bertz CT molecular complexity index is 562. The van der Waals surface area contributed by atoms with E-state index in [1.165, 1.54) is 12.4 Å². The van der Waals surface area contributed by atoms with Gasteiger partial charge in [-0.3, -0.25) is 0 Å². The molecule has 1 aliphatic heterocycles. The minimum atomic E-state index is -1.11. The summed E-state index contributed by atoms with van der Waals surface area (Å²) in [6.07, 6.45) is 2.45. The van der Waals surface area contributed by atoms with Gasteiger partial charge in [0.15, 0.2) is 11.5 Å². The second-order valence-corrected chi connectivity index (χ2v) is 5.99. The first-order chi connectivity index (χ1) is 10.3. The zero-order valence-corrected chi connectivity index (χ0v) is 12.9. The number of carboxylic acids is 1. The van der Waals surface area contributed by atoms with Crippen LogP contribution in [0.2, 0.25) is 0 Å². The highest BCUT2D eigenvalue weighted by molar-refractivity contribution is 5.91. The first-order valence-corrected chi connectivity index (χ1v) is 7.05. The van der Waals surface area contributed by atoms with E-state index >= 15 is 0 Å². The highest BCUT2D eigenvalue weighted by Gasteiger charge is 2.28. The summed E-state index contributed by atoms with van der Waals surface area (Å²) in [6, 6.07) is 0. The molecule has 1 saturated heterocycles. The number of amides is 1. The molecule has 0 atom stereocenters. The molecule has 1 fully saturated rings. The number of rotatable bonds is 2. The Labute approximate surface area is 128 Å². The van der Waals surface area contributed by atoms with Gasteiger partial charge >= 0.3 is 12.1 Å². The van der Waals surface area contributed by atoms with Crippen molar-refractivity contribution < 1.29 is 19.4 Å². The van der Waals surface area contributed by atoms with Crippen molar-refractivity contribution in [3.8, 4) is 0 Å². The zero-order chi connectivity index (χ0) is 16.3. The maximum atomic E-state index is 12.0. The number of nitrogens with zero attached hydrogens (tertiary/aromatic N) is 4. The summed E-state index contributed by atoms with van der Waals surface area (Å²) in [5.41, 5.74) is -0.608. The van der Waals surface area contributed by atoms with Crippen LogP contribution in [0.4, 0.5) is 10.6 Å². The largest absolute Gasteiger partial charge is 0.476 e. The fourth-order valence-electron chi connectivity index (χ4n) is 2.14. The lowest BCUT2D eigenvalue weighted by Crippen LogP contribution is -2.50. The molecular weight excluding hydrogens is 288 g/mol. The molecule has 8 nitrogen and oxygen atoms in total. The maximum absolute atomic E-state index is 12.0. The minimum Gasteiger partial charge on any atom is -0.476 e. The molecule has 2 rings (SSSR count). The van der Waals surface area contributed by atoms with Crippen LogP contribution in [0, 0.1) is 0 Å². The van der Waals surface area contributed by atoms with Gasteiger partial charge in [-0.2, -0.15) is 0 Å². The predicted octanol–water partition coefficient (Wildman–Crippen LogP) is 1.23. The van der Waals surface area contributed by atoms with Gasteiger partial charge in [0.25, 0.3) is 0 Å². The van der Waals surface area contributed by atoms with Crippen molar-refractivity contribution in [2.45, 2.75) is 26.4 Å². The summed E-state index contributed by atoms with van der Waals surface area (Å²) in [5, 5.41) is 9.15. The van der Waals surface area contributed by atoms with Gasteiger partial charge in [-0.1, -0.05) is 0 Å². The monoisotopic (exact) mass is 308 g/mol. The van der Waals surface area contributed by atoms with E-state index in [0.29, 0.717) is 32.0 Å². The number of aromatic nitrogens is 2. The van der Waals surface area contributed by atoms with Gasteiger partial charge in [-0.25, -0.2) is 19.6 Å². The third-order valence-corrected chi connectivity index (χ3v) is 3.11. The Kier molecular flexibility index (Phi) is 4.48. The molecule has 1 N–H and O–H groups in total. The Hall–Kier alpha value is -2.38. The van der Waals surface area contributed by atoms with Crippen molar-refractivity contribution in [3.63, 3.8) is 0 Å². The van der Waals surface area contributed by atoms with E-state index in [1.54, 1.807) is 4.90 Å². The van der Waals surface area contributed by atoms with Crippen LogP contribution in [0.5, 0.6) is 0 Å². The van der Waals surface area contributed by atoms with Gasteiger partial charge in [0.2, 0.25) is 0 Å². The van der Waals surface area contributed by atoms with Crippen LogP contribution >= 0.6 is 0 Å². The Morgan fingerprint density at radius 2 is 1.73 bits per heavy atom. The molecule has 0 unspecified atom stereocenters. The van der Waals surface area contributed by atoms with Gasteiger partial charge in [0.05, 0.1) is 0 Å². The van der Waals surface area contributed by atoms with Crippen LogP contribution in [0.1, 0.15) is 31.3 Å². The summed E-state index contributed by atoms with van der Waals surface area (Å²) in [7, 11) is 0. The number of carbonyl (C=O) groups is 2. The highest BCUT2D eigenvalue weighted by Crippen LogP contribution is 2.18. The summed E-state index contributed by atoms with van der Waals surface area (Å²) < 4.78 is 5.33. The lowest BCUT2D eigenvalue weighted by atomic mass is 10.2.